The Morgan fingerprint density at radius 2 is 1.68 bits per heavy atom. The Bertz CT molecular complexity index is 1130. The minimum atomic E-state index is -3.98. The van der Waals surface area contributed by atoms with E-state index in [1.54, 1.807) is 18.2 Å². The van der Waals surface area contributed by atoms with Gasteiger partial charge in [-0.05, 0) is 60.9 Å². The highest BCUT2D eigenvalue weighted by atomic mass is 35.5. The first kappa shape index (κ1) is 22.8. The molecule has 0 saturated heterocycles. The third-order valence-corrected chi connectivity index (χ3v) is 6.96. The molecule has 1 unspecified atom stereocenters. The van der Waals surface area contributed by atoms with E-state index in [4.69, 9.17) is 11.6 Å². The summed E-state index contributed by atoms with van der Waals surface area (Å²) >= 11 is 5.92. The lowest BCUT2D eigenvalue weighted by atomic mass is 10.0. The van der Waals surface area contributed by atoms with Gasteiger partial charge in [0.25, 0.3) is 10.0 Å². The fraction of sp³-hybridized carbons (Fsp3) is 0.208. The number of hydrogen-bond acceptors (Lipinski definition) is 3. The third-order valence-electron chi connectivity index (χ3n) is 4.92. The number of nitrogens with zero attached hydrogens (tertiary/aromatic N) is 1. The fourth-order valence-electron chi connectivity index (χ4n) is 3.31. The van der Waals surface area contributed by atoms with Crippen molar-refractivity contribution in [3.05, 3.63) is 95.0 Å². The Morgan fingerprint density at radius 1 is 1.00 bits per heavy atom. The van der Waals surface area contributed by atoms with Crippen LogP contribution in [0.4, 0.5) is 5.69 Å². The van der Waals surface area contributed by atoms with Gasteiger partial charge in [-0.2, -0.15) is 0 Å². The molecule has 3 rings (SSSR count). The van der Waals surface area contributed by atoms with Gasteiger partial charge in [-0.1, -0.05) is 61.0 Å². The van der Waals surface area contributed by atoms with Crippen LogP contribution in [0.5, 0.6) is 0 Å². The van der Waals surface area contributed by atoms with Crippen LogP contribution >= 0.6 is 11.6 Å². The van der Waals surface area contributed by atoms with Crippen LogP contribution in [-0.2, 0) is 14.8 Å². The maximum Gasteiger partial charge on any atom is 0.264 e. The average molecular weight is 457 g/mol. The molecule has 0 aliphatic carbocycles. The van der Waals surface area contributed by atoms with E-state index in [0.717, 1.165) is 15.4 Å². The number of sulfonamides is 1. The van der Waals surface area contributed by atoms with E-state index in [-0.39, 0.29) is 23.4 Å². The lowest BCUT2D eigenvalue weighted by Gasteiger charge is -2.26. The molecule has 0 radical (unpaired) electrons. The first-order valence-corrected chi connectivity index (χ1v) is 11.8. The van der Waals surface area contributed by atoms with Crippen molar-refractivity contribution in [3.63, 3.8) is 0 Å². The first-order valence-electron chi connectivity index (χ1n) is 10.0. The minimum Gasteiger partial charge on any atom is -0.348 e. The van der Waals surface area contributed by atoms with Gasteiger partial charge in [0.05, 0.1) is 16.6 Å². The summed E-state index contributed by atoms with van der Waals surface area (Å²) in [6, 6.07) is 22.4. The van der Waals surface area contributed by atoms with Crippen molar-refractivity contribution in [2.24, 2.45) is 0 Å². The second kappa shape index (κ2) is 9.98. The maximum atomic E-state index is 13.4. The largest absolute Gasteiger partial charge is 0.348 e. The van der Waals surface area contributed by atoms with Gasteiger partial charge in [-0.3, -0.25) is 9.10 Å². The number of anilines is 1. The summed E-state index contributed by atoms with van der Waals surface area (Å²) in [6.45, 7) is 3.51. The number of rotatable bonds is 8. The van der Waals surface area contributed by atoms with Crippen LogP contribution in [0.15, 0.2) is 83.8 Å². The smallest absolute Gasteiger partial charge is 0.264 e. The molecular formula is C24H25ClN2O3S. The first-order chi connectivity index (χ1) is 14.8. The van der Waals surface area contributed by atoms with Crippen LogP contribution in [-0.4, -0.2) is 20.9 Å². The van der Waals surface area contributed by atoms with Gasteiger partial charge in [0.1, 0.15) is 6.54 Å². The molecule has 1 N–H and O–H groups in total. The Labute approximate surface area is 188 Å². The Hall–Kier alpha value is -2.83. The predicted octanol–water partition coefficient (Wildman–Crippen LogP) is 5.11. The minimum absolute atomic E-state index is 0.0707. The summed E-state index contributed by atoms with van der Waals surface area (Å²) in [6.07, 6.45) is 0.685. The summed E-state index contributed by atoms with van der Waals surface area (Å²) in [5.41, 5.74) is 2.30. The molecule has 162 valence electrons. The van der Waals surface area contributed by atoms with Crippen LogP contribution in [0, 0.1) is 6.92 Å². The molecule has 0 spiro atoms. The zero-order valence-corrected chi connectivity index (χ0v) is 19.0. The third kappa shape index (κ3) is 5.66. The van der Waals surface area contributed by atoms with E-state index >= 15 is 0 Å². The molecule has 7 heteroatoms. The number of amides is 1. The van der Waals surface area contributed by atoms with Crippen molar-refractivity contribution in [2.75, 3.05) is 10.8 Å². The molecular weight excluding hydrogens is 432 g/mol. The molecule has 1 amide bonds. The van der Waals surface area contributed by atoms with Gasteiger partial charge in [0.15, 0.2) is 0 Å². The zero-order chi connectivity index (χ0) is 22.4. The summed E-state index contributed by atoms with van der Waals surface area (Å²) < 4.78 is 28.0. The van der Waals surface area contributed by atoms with Crippen molar-refractivity contribution < 1.29 is 13.2 Å². The molecule has 5 nitrogen and oxygen atoms in total. The quantitative estimate of drug-likeness (QED) is 0.512. The van der Waals surface area contributed by atoms with Gasteiger partial charge in [0, 0.05) is 5.02 Å². The highest BCUT2D eigenvalue weighted by molar-refractivity contribution is 7.92. The molecule has 0 fully saturated rings. The molecule has 1 atom stereocenters. The maximum absolute atomic E-state index is 13.4. The van der Waals surface area contributed by atoms with E-state index in [0.29, 0.717) is 17.1 Å². The van der Waals surface area contributed by atoms with Gasteiger partial charge in [-0.15, -0.1) is 0 Å². The monoisotopic (exact) mass is 456 g/mol. The number of benzene rings is 3. The second-order valence-corrected chi connectivity index (χ2v) is 9.54. The number of aryl methyl sites for hydroxylation is 1. The number of nitrogens with one attached hydrogen (secondary N) is 1. The Balaban J connectivity index is 1.91. The van der Waals surface area contributed by atoms with E-state index in [9.17, 15) is 13.2 Å². The summed E-state index contributed by atoms with van der Waals surface area (Å²) in [4.78, 5) is 13.0. The van der Waals surface area contributed by atoms with Crippen molar-refractivity contribution in [1.82, 2.24) is 5.32 Å². The second-order valence-electron chi connectivity index (χ2n) is 7.24. The van der Waals surface area contributed by atoms with E-state index in [1.165, 1.54) is 24.3 Å². The molecule has 3 aromatic carbocycles. The highest BCUT2D eigenvalue weighted by Gasteiger charge is 2.28. The topological polar surface area (TPSA) is 66.5 Å². The number of carbonyl (C=O) groups excluding carboxylic acids is 1. The normalized spacial score (nSPS) is 12.2. The molecule has 3 aromatic rings. The average Bonchev–Trinajstić information content (AvgIpc) is 2.76. The summed E-state index contributed by atoms with van der Waals surface area (Å²) in [7, 11) is -3.98. The van der Waals surface area contributed by atoms with Gasteiger partial charge < -0.3 is 5.32 Å². The molecule has 0 saturated carbocycles. The molecule has 0 aromatic heterocycles. The van der Waals surface area contributed by atoms with Crippen molar-refractivity contribution in [1.29, 1.82) is 0 Å². The number of hydrogen-bond donors (Lipinski definition) is 1. The van der Waals surface area contributed by atoms with Gasteiger partial charge in [0.2, 0.25) is 5.91 Å². The van der Waals surface area contributed by atoms with Gasteiger partial charge >= 0.3 is 0 Å². The van der Waals surface area contributed by atoms with Crippen molar-refractivity contribution in [2.45, 2.75) is 31.2 Å². The van der Waals surface area contributed by atoms with E-state index in [1.807, 2.05) is 50.2 Å². The predicted molar refractivity (Wildman–Crippen MR) is 125 cm³/mol. The Kier molecular flexibility index (Phi) is 7.36. The SMILES string of the molecule is CCC(NC(=O)CN(c1cccc(C)c1)S(=O)(=O)c1ccc(Cl)cc1)c1ccccc1. The molecule has 0 aliphatic rings. The number of carbonyl (C=O) groups is 1. The van der Waals surface area contributed by atoms with Crippen LogP contribution < -0.4 is 9.62 Å². The Morgan fingerprint density at radius 3 is 2.29 bits per heavy atom. The zero-order valence-electron chi connectivity index (χ0n) is 17.5. The lowest BCUT2D eigenvalue weighted by molar-refractivity contribution is -0.120. The van der Waals surface area contributed by atoms with Crippen LogP contribution in [0.1, 0.15) is 30.5 Å². The molecule has 0 aliphatic heterocycles. The highest BCUT2D eigenvalue weighted by Crippen LogP contribution is 2.26. The lowest BCUT2D eigenvalue weighted by Crippen LogP contribution is -2.42. The fourth-order valence-corrected chi connectivity index (χ4v) is 4.85. The summed E-state index contributed by atoms with van der Waals surface area (Å²) in [5.74, 6) is -0.380. The molecule has 31 heavy (non-hydrogen) atoms. The van der Waals surface area contributed by atoms with Crippen LogP contribution in [0.3, 0.4) is 0 Å². The van der Waals surface area contributed by atoms with Crippen LogP contribution in [0.2, 0.25) is 5.02 Å². The van der Waals surface area contributed by atoms with Crippen molar-refractivity contribution in [3.8, 4) is 0 Å². The van der Waals surface area contributed by atoms with Crippen molar-refractivity contribution >= 4 is 33.2 Å². The van der Waals surface area contributed by atoms with Crippen LogP contribution in [0.25, 0.3) is 0 Å². The van der Waals surface area contributed by atoms with Gasteiger partial charge in [-0.25, -0.2) is 8.42 Å². The van der Waals surface area contributed by atoms with E-state index in [2.05, 4.69) is 5.32 Å². The number of halogens is 1. The summed E-state index contributed by atoms with van der Waals surface area (Å²) in [5, 5.41) is 3.40. The molecule has 0 bridgehead atoms. The van der Waals surface area contributed by atoms with E-state index < -0.39 is 10.0 Å². The standard InChI is InChI=1S/C24H25ClN2O3S/c1-3-23(19-9-5-4-6-10-19)26-24(28)17-27(21-11-7-8-18(2)16-21)31(29,30)22-14-12-20(25)13-15-22/h4-16,23H,3,17H2,1-2H3,(H,26,28). The molecule has 0 heterocycles.